The summed E-state index contributed by atoms with van der Waals surface area (Å²) in [5.74, 6) is -0.263. The van der Waals surface area contributed by atoms with Crippen LogP contribution in [0.25, 0.3) is 0 Å². The minimum Gasteiger partial charge on any atom is -0.507 e. The highest BCUT2D eigenvalue weighted by Gasteiger charge is 2.08. The van der Waals surface area contributed by atoms with Gasteiger partial charge in [0, 0.05) is 12.3 Å². The summed E-state index contributed by atoms with van der Waals surface area (Å²) in [5, 5.41) is 9.74. The normalized spacial score (nSPS) is 10.9. The van der Waals surface area contributed by atoms with Gasteiger partial charge in [0.2, 0.25) is 0 Å². The van der Waals surface area contributed by atoms with Gasteiger partial charge in [0.15, 0.2) is 0 Å². The molecule has 0 saturated carbocycles. The van der Waals surface area contributed by atoms with E-state index in [4.69, 9.17) is 9.15 Å². The van der Waals surface area contributed by atoms with Crippen LogP contribution in [0.4, 0.5) is 5.69 Å². The van der Waals surface area contributed by atoms with Gasteiger partial charge in [-0.05, 0) is 37.6 Å². The van der Waals surface area contributed by atoms with Crippen molar-refractivity contribution in [2.24, 2.45) is 4.99 Å². The van der Waals surface area contributed by atoms with Crippen LogP contribution in [0.1, 0.15) is 35.0 Å². The summed E-state index contributed by atoms with van der Waals surface area (Å²) >= 11 is 0. The van der Waals surface area contributed by atoms with Gasteiger partial charge in [0.1, 0.15) is 17.1 Å². The van der Waals surface area contributed by atoms with Crippen LogP contribution in [0.3, 0.4) is 0 Å². The van der Waals surface area contributed by atoms with Crippen molar-refractivity contribution in [2.45, 2.75) is 20.3 Å². The molecular weight excluding hydrogens is 298 g/mol. The predicted molar refractivity (Wildman–Crippen MR) is 85.6 cm³/mol. The molecule has 0 fully saturated rings. The molecule has 0 saturated heterocycles. The highest BCUT2D eigenvalue weighted by molar-refractivity contribution is 5.90. The van der Waals surface area contributed by atoms with Crippen molar-refractivity contribution < 1.29 is 19.1 Å². The molecule has 1 aromatic heterocycles. The molecule has 1 heterocycles. The Bertz CT molecular complexity index is 775. The van der Waals surface area contributed by atoms with Gasteiger partial charge >= 0.3 is 11.6 Å². The lowest BCUT2D eigenvalue weighted by atomic mass is 10.2. The molecule has 1 aromatic carbocycles. The van der Waals surface area contributed by atoms with E-state index in [1.165, 1.54) is 12.3 Å². The lowest BCUT2D eigenvalue weighted by Crippen LogP contribution is -2.07. The number of esters is 1. The summed E-state index contributed by atoms with van der Waals surface area (Å²) in [6.45, 7) is 3.86. The van der Waals surface area contributed by atoms with E-state index < -0.39 is 5.63 Å². The van der Waals surface area contributed by atoms with E-state index in [9.17, 15) is 14.7 Å². The van der Waals surface area contributed by atoms with Crippen LogP contribution in [0.5, 0.6) is 5.75 Å². The largest absolute Gasteiger partial charge is 0.507 e. The van der Waals surface area contributed by atoms with Crippen LogP contribution in [-0.2, 0) is 4.74 Å². The number of aliphatic imine (C=N–C) groups is 1. The van der Waals surface area contributed by atoms with E-state index in [-0.39, 0.29) is 17.3 Å². The minimum atomic E-state index is -0.661. The fraction of sp³-hybridized carbons (Fsp3) is 0.235. The fourth-order valence-corrected chi connectivity index (χ4v) is 1.83. The van der Waals surface area contributed by atoms with Crippen LogP contribution in [0, 0.1) is 6.92 Å². The van der Waals surface area contributed by atoms with E-state index in [1.54, 1.807) is 31.2 Å². The molecule has 0 unspecified atom stereocenters. The Balaban J connectivity index is 2.15. The fourth-order valence-electron chi connectivity index (χ4n) is 1.83. The molecule has 0 atom stereocenters. The Labute approximate surface area is 133 Å². The Hall–Kier alpha value is -2.89. The number of ether oxygens (including phenoxy) is 1. The topological polar surface area (TPSA) is 89.1 Å². The first-order valence-corrected chi connectivity index (χ1v) is 7.16. The molecular formula is C17H17NO5. The second-order valence-corrected chi connectivity index (χ2v) is 4.88. The lowest BCUT2D eigenvalue weighted by molar-refractivity contribution is 0.0505. The van der Waals surface area contributed by atoms with Crippen molar-refractivity contribution in [1.82, 2.24) is 0 Å². The molecule has 2 rings (SSSR count). The van der Waals surface area contributed by atoms with Gasteiger partial charge in [-0.2, -0.15) is 0 Å². The number of nitrogens with zero attached hydrogens (tertiary/aromatic N) is 1. The van der Waals surface area contributed by atoms with E-state index in [1.807, 2.05) is 6.92 Å². The molecule has 0 radical (unpaired) electrons. The van der Waals surface area contributed by atoms with Crippen molar-refractivity contribution >= 4 is 17.9 Å². The average Bonchev–Trinajstić information content (AvgIpc) is 2.52. The Morgan fingerprint density at radius 2 is 2.04 bits per heavy atom. The summed E-state index contributed by atoms with van der Waals surface area (Å²) in [5.41, 5.74) is 0.263. The maximum Gasteiger partial charge on any atom is 0.348 e. The van der Waals surface area contributed by atoms with Gasteiger partial charge in [-0.3, -0.25) is 4.99 Å². The van der Waals surface area contributed by atoms with E-state index in [0.29, 0.717) is 23.6 Å². The highest BCUT2D eigenvalue weighted by atomic mass is 16.5. The number of aryl methyl sites for hydroxylation is 1. The van der Waals surface area contributed by atoms with E-state index >= 15 is 0 Å². The number of carbonyl (C=O) groups is 1. The predicted octanol–water partition coefficient (Wildman–Crippen LogP) is 2.97. The maximum absolute atomic E-state index is 11.7. The molecule has 6 nitrogen and oxygen atoms in total. The van der Waals surface area contributed by atoms with Crippen LogP contribution in [-0.4, -0.2) is 23.9 Å². The van der Waals surface area contributed by atoms with Crippen molar-refractivity contribution in [1.29, 1.82) is 0 Å². The SMILES string of the molecule is CCCOC(=O)c1ccc(N=Cc2c(O)cc(C)oc2=O)cc1. The third kappa shape index (κ3) is 4.29. The number of benzene rings is 1. The van der Waals surface area contributed by atoms with Gasteiger partial charge in [0.25, 0.3) is 0 Å². The average molecular weight is 315 g/mol. The van der Waals surface area contributed by atoms with Gasteiger partial charge in [0.05, 0.1) is 17.9 Å². The third-order valence-corrected chi connectivity index (χ3v) is 2.97. The van der Waals surface area contributed by atoms with E-state index in [2.05, 4.69) is 4.99 Å². The maximum atomic E-state index is 11.7. The van der Waals surface area contributed by atoms with Gasteiger partial charge in [-0.25, -0.2) is 9.59 Å². The molecule has 0 amide bonds. The summed E-state index contributed by atoms with van der Waals surface area (Å²) < 4.78 is 9.92. The quantitative estimate of drug-likeness (QED) is 0.677. The zero-order valence-corrected chi connectivity index (χ0v) is 12.9. The molecule has 2 aromatic rings. The molecule has 6 heteroatoms. The minimum absolute atomic E-state index is 0.0259. The standard InChI is InChI=1S/C17H17NO5/c1-3-8-22-16(20)12-4-6-13(7-5-12)18-10-14-15(19)9-11(2)23-17(14)21/h4-7,9-10,19H,3,8H2,1-2H3. The van der Waals surface area contributed by atoms with Crippen LogP contribution < -0.4 is 5.63 Å². The van der Waals surface area contributed by atoms with Crippen LogP contribution >= 0.6 is 0 Å². The molecule has 0 spiro atoms. The molecule has 23 heavy (non-hydrogen) atoms. The number of carbonyl (C=O) groups excluding carboxylic acids is 1. The second-order valence-electron chi connectivity index (χ2n) is 4.88. The molecule has 1 N–H and O–H groups in total. The van der Waals surface area contributed by atoms with Gasteiger partial charge < -0.3 is 14.3 Å². The monoisotopic (exact) mass is 315 g/mol. The van der Waals surface area contributed by atoms with Crippen molar-refractivity contribution in [3.05, 3.63) is 57.6 Å². The van der Waals surface area contributed by atoms with Crippen LogP contribution in [0.15, 0.2) is 44.5 Å². The summed E-state index contributed by atoms with van der Waals surface area (Å²) in [7, 11) is 0. The summed E-state index contributed by atoms with van der Waals surface area (Å²) in [6.07, 6.45) is 1.99. The van der Waals surface area contributed by atoms with Crippen molar-refractivity contribution in [2.75, 3.05) is 6.61 Å². The third-order valence-electron chi connectivity index (χ3n) is 2.97. The molecule has 0 aliphatic heterocycles. The zero-order valence-electron chi connectivity index (χ0n) is 12.9. The Kier molecular flexibility index (Phi) is 5.30. The smallest absolute Gasteiger partial charge is 0.348 e. The first-order valence-electron chi connectivity index (χ1n) is 7.16. The first kappa shape index (κ1) is 16.5. The molecule has 0 bridgehead atoms. The van der Waals surface area contributed by atoms with Crippen LogP contribution in [0.2, 0.25) is 0 Å². The van der Waals surface area contributed by atoms with Crippen molar-refractivity contribution in [3.63, 3.8) is 0 Å². The van der Waals surface area contributed by atoms with Gasteiger partial charge in [-0.15, -0.1) is 0 Å². The number of aromatic hydroxyl groups is 1. The number of hydrogen-bond donors (Lipinski definition) is 1. The Morgan fingerprint density at radius 1 is 1.35 bits per heavy atom. The number of rotatable bonds is 5. The van der Waals surface area contributed by atoms with Crippen molar-refractivity contribution in [3.8, 4) is 5.75 Å². The Morgan fingerprint density at radius 3 is 2.65 bits per heavy atom. The zero-order chi connectivity index (χ0) is 16.8. The summed E-state index contributed by atoms with van der Waals surface area (Å²) in [4.78, 5) is 27.4. The summed E-state index contributed by atoms with van der Waals surface area (Å²) in [6, 6.07) is 7.75. The highest BCUT2D eigenvalue weighted by Crippen LogP contribution is 2.16. The van der Waals surface area contributed by atoms with E-state index in [0.717, 1.165) is 6.42 Å². The molecule has 0 aliphatic carbocycles. The first-order chi connectivity index (χ1) is 11.0. The number of hydrogen-bond acceptors (Lipinski definition) is 6. The second kappa shape index (κ2) is 7.40. The molecule has 0 aliphatic rings. The van der Waals surface area contributed by atoms with Gasteiger partial charge in [-0.1, -0.05) is 6.92 Å². The lowest BCUT2D eigenvalue weighted by Gasteiger charge is -2.03. The molecule has 120 valence electrons.